The molecule has 0 saturated heterocycles. The highest BCUT2D eigenvalue weighted by atomic mass is 19.1. The summed E-state index contributed by atoms with van der Waals surface area (Å²) in [4.78, 5) is 12.1. The summed E-state index contributed by atoms with van der Waals surface area (Å²) in [6.07, 6.45) is 0. The number of carbonyl (C=O) groups is 1. The van der Waals surface area contributed by atoms with E-state index < -0.39 is 5.82 Å². The third kappa shape index (κ3) is 4.21. The van der Waals surface area contributed by atoms with Gasteiger partial charge in [-0.25, -0.2) is 4.39 Å². The number of nitriles is 1. The topological polar surface area (TPSA) is 64.9 Å². The number of nitrogens with one attached hydrogen (secondary N) is 2. The fraction of sp³-hybridized carbons (Fsp3) is 0. The lowest BCUT2D eigenvalue weighted by molar-refractivity contribution is 0.102. The molecule has 0 fully saturated rings. The SMILES string of the molecule is N#Cc1ccc(Nc2ccc(NC(=O)c3cccc(F)c3)cc2)cc1. The Bertz CT molecular complexity index is 928. The summed E-state index contributed by atoms with van der Waals surface area (Å²) in [6.45, 7) is 0. The molecule has 3 aromatic rings. The molecule has 0 aliphatic rings. The molecule has 3 aromatic carbocycles. The molecule has 0 aromatic heterocycles. The van der Waals surface area contributed by atoms with Crippen molar-refractivity contribution in [1.29, 1.82) is 5.26 Å². The Morgan fingerprint density at radius 2 is 1.48 bits per heavy atom. The van der Waals surface area contributed by atoms with Crippen LogP contribution in [0.4, 0.5) is 21.5 Å². The van der Waals surface area contributed by atoms with Crippen molar-refractivity contribution >= 4 is 23.0 Å². The van der Waals surface area contributed by atoms with Crippen LogP contribution in [0.3, 0.4) is 0 Å². The maximum atomic E-state index is 13.2. The predicted octanol–water partition coefficient (Wildman–Crippen LogP) is 4.69. The van der Waals surface area contributed by atoms with Crippen molar-refractivity contribution in [2.45, 2.75) is 0 Å². The predicted molar refractivity (Wildman–Crippen MR) is 95.2 cm³/mol. The van der Waals surface area contributed by atoms with Crippen molar-refractivity contribution in [1.82, 2.24) is 0 Å². The molecule has 0 atom stereocenters. The zero-order valence-corrected chi connectivity index (χ0v) is 13.2. The monoisotopic (exact) mass is 331 g/mol. The molecule has 0 radical (unpaired) electrons. The molecule has 4 nitrogen and oxygen atoms in total. The van der Waals surface area contributed by atoms with Crippen LogP contribution < -0.4 is 10.6 Å². The Labute approximate surface area is 144 Å². The minimum atomic E-state index is -0.449. The third-order valence-electron chi connectivity index (χ3n) is 3.53. The van der Waals surface area contributed by atoms with Crippen molar-refractivity contribution in [3.8, 4) is 6.07 Å². The first-order chi connectivity index (χ1) is 12.1. The van der Waals surface area contributed by atoms with Crippen LogP contribution in [0, 0.1) is 17.1 Å². The Morgan fingerprint density at radius 3 is 2.08 bits per heavy atom. The van der Waals surface area contributed by atoms with Crippen LogP contribution in [0.2, 0.25) is 0 Å². The molecule has 122 valence electrons. The van der Waals surface area contributed by atoms with E-state index in [4.69, 9.17) is 5.26 Å². The summed E-state index contributed by atoms with van der Waals surface area (Å²) < 4.78 is 13.2. The zero-order valence-electron chi connectivity index (χ0n) is 13.2. The molecule has 5 heteroatoms. The van der Waals surface area contributed by atoms with E-state index >= 15 is 0 Å². The normalized spacial score (nSPS) is 9.92. The van der Waals surface area contributed by atoms with Crippen molar-refractivity contribution in [3.05, 3.63) is 89.7 Å². The van der Waals surface area contributed by atoms with Crippen LogP contribution in [0.5, 0.6) is 0 Å². The van der Waals surface area contributed by atoms with Crippen LogP contribution in [0.1, 0.15) is 15.9 Å². The lowest BCUT2D eigenvalue weighted by Gasteiger charge is -2.09. The fourth-order valence-electron chi connectivity index (χ4n) is 2.26. The highest BCUT2D eigenvalue weighted by Crippen LogP contribution is 2.20. The van der Waals surface area contributed by atoms with E-state index in [2.05, 4.69) is 16.7 Å². The smallest absolute Gasteiger partial charge is 0.255 e. The molecule has 0 aliphatic carbocycles. The van der Waals surface area contributed by atoms with Gasteiger partial charge in [-0.3, -0.25) is 4.79 Å². The number of rotatable bonds is 4. The van der Waals surface area contributed by atoms with Crippen molar-refractivity contribution in [3.63, 3.8) is 0 Å². The summed E-state index contributed by atoms with van der Waals surface area (Å²) in [6, 6.07) is 21.8. The second-order valence-electron chi connectivity index (χ2n) is 5.36. The van der Waals surface area contributed by atoms with Gasteiger partial charge in [0, 0.05) is 22.6 Å². The number of halogens is 1. The van der Waals surface area contributed by atoms with E-state index in [1.54, 1.807) is 30.3 Å². The van der Waals surface area contributed by atoms with Crippen LogP contribution in [0.15, 0.2) is 72.8 Å². The summed E-state index contributed by atoms with van der Waals surface area (Å²) in [7, 11) is 0. The molecular weight excluding hydrogens is 317 g/mol. The van der Waals surface area contributed by atoms with Crippen LogP contribution in [-0.4, -0.2) is 5.91 Å². The highest BCUT2D eigenvalue weighted by molar-refractivity contribution is 6.04. The van der Waals surface area contributed by atoms with E-state index in [1.807, 2.05) is 24.3 Å². The van der Waals surface area contributed by atoms with E-state index in [-0.39, 0.29) is 11.5 Å². The van der Waals surface area contributed by atoms with E-state index in [9.17, 15) is 9.18 Å². The van der Waals surface area contributed by atoms with Gasteiger partial charge < -0.3 is 10.6 Å². The average molecular weight is 331 g/mol. The maximum Gasteiger partial charge on any atom is 0.255 e. The maximum absolute atomic E-state index is 13.2. The Hall–Kier alpha value is -3.65. The van der Waals surface area contributed by atoms with Gasteiger partial charge in [0.1, 0.15) is 5.82 Å². The minimum absolute atomic E-state index is 0.264. The number of amides is 1. The second kappa shape index (κ2) is 7.28. The highest BCUT2D eigenvalue weighted by Gasteiger charge is 2.07. The fourth-order valence-corrected chi connectivity index (χ4v) is 2.26. The molecule has 2 N–H and O–H groups in total. The van der Waals surface area contributed by atoms with Gasteiger partial charge >= 0.3 is 0 Å². The van der Waals surface area contributed by atoms with Gasteiger partial charge in [-0.1, -0.05) is 6.07 Å². The molecule has 0 heterocycles. The number of hydrogen-bond acceptors (Lipinski definition) is 3. The molecule has 0 saturated carbocycles. The number of benzene rings is 3. The summed E-state index contributed by atoms with van der Waals surface area (Å²) in [5.41, 5.74) is 3.17. The molecule has 0 bridgehead atoms. The van der Waals surface area contributed by atoms with Gasteiger partial charge in [0.05, 0.1) is 11.6 Å². The van der Waals surface area contributed by atoms with Gasteiger partial charge in [0.2, 0.25) is 0 Å². The van der Waals surface area contributed by atoms with Gasteiger partial charge in [-0.15, -0.1) is 0 Å². The summed E-state index contributed by atoms with van der Waals surface area (Å²) in [5.74, 6) is -0.818. The van der Waals surface area contributed by atoms with Crippen molar-refractivity contribution in [2.24, 2.45) is 0 Å². The number of carbonyl (C=O) groups excluding carboxylic acids is 1. The Kier molecular flexibility index (Phi) is 4.72. The third-order valence-corrected chi connectivity index (χ3v) is 3.53. The van der Waals surface area contributed by atoms with Crippen LogP contribution in [-0.2, 0) is 0 Å². The second-order valence-corrected chi connectivity index (χ2v) is 5.36. The van der Waals surface area contributed by atoms with Gasteiger partial charge in [-0.05, 0) is 66.7 Å². The minimum Gasteiger partial charge on any atom is -0.356 e. The quantitative estimate of drug-likeness (QED) is 0.729. The zero-order chi connectivity index (χ0) is 17.6. The first-order valence-electron chi connectivity index (χ1n) is 7.58. The van der Waals surface area contributed by atoms with Crippen molar-refractivity contribution in [2.75, 3.05) is 10.6 Å². The molecular formula is C20H14FN3O. The lowest BCUT2D eigenvalue weighted by atomic mass is 10.2. The molecule has 0 unspecified atom stereocenters. The number of anilines is 3. The van der Waals surface area contributed by atoms with E-state index in [0.29, 0.717) is 11.3 Å². The van der Waals surface area contributed by atoms with Gasteiger partial charge in [0.25, 0.3) is 5.91 Å². The van der Waals surface area contributed by atoms with Gasteiger partial charge in [0.15, 0.2) is 0 Å². The first-order valence-corrected chi connectivity index (χ1v) is 7.58. The molecule has 25 heavy (non-hydrogen) atoms. The Morgan fingerprint density at radius 1 is 0.880 bits per heavy atom. The van der Waals surface area contributed by atoms with Crippen molar-refractivity contribution < 1.29 is 9.18 Å². The van der Waals surface area contributed by atoms with Crippen LogP contribution in [0.25, 0.3) is 0 Å². The number of nitrogens with zero attached hydrogens (tertiary/aromatic N) is 1. The van der Waals surface area contributed by atoms with Gasteiger partial charge in [-0.2, -0.15) is 5.26 Å². The lowest BCUT2D eigenvalue weighted by Crippen LogP contribution is -2.11. The summed E-state index contributed by atoms with van der Waals surface area (Å²) >= 11 is 0. The molecule has 1 amide bonds. The first kappa shape index (κ1) is 16.2. The average Bonchev–Trinajstić information content (AvgIpc) is 2.64. The largest absolute Gasteiger partial charge is 0.356 e. The number of hydrogen-bond donors (Lipinski definition) is 2. The Balaban J connectivity index is 1.65. The standard InChI is InChI=1S/C20H14FN3O/c21-16-3-1-2-15(12-16)20(25)24-19-10-8-18(9-11-19)23-17-6-4-14(13-22)5-7-17/h1-12,23H,(H,24,25). The molecule has 3 rings (SSSR count). The van der Waals surface area contributed by atoms with Crippen LogP contribution >= 0.6 is 0 Å². The molecule has 0 spiro atoms. The van der Waals surface area contributed by atoms with E-state index in [1.165, 1.54) is 18.2 Å². The van der Waals surface area contributed by atoms with E-state index in [0.717, 1.165) is 11.4 Å². The molecule has 0 aliphatic heterocycles. The summed E-state index contributed by atoms with van der Waals surface area (Å²) in [5, 5.41) is 14.7.